The predicted octanol–water partition coefficient (Wildman–Crippen LogP) is -0.361. The van der Waals surface area contributed by atoms with E-state index >= 15 is 0 Å². The van der Waals surface area contributed by atoms with Gasteiger partial charge in [-0.15, -0.1) is 0 Å². The number of alkyl halides is 2. The summed E-state index contributed by atoms with van der Waals surface area (Å²) in [6.07, 6.45) is -0.782. The van der Waals surface area contributed by atoms with E-state index in [-0.39, 0.29) is 19.0 Å². The molecule has 1 aromatic rings. The molecule has 5 atom stereocenters. The maximum atomic E-state index is 14.6. The van der Waals surface area contributed by atoms with Gasteiger partial charge in [0.15, 0.2) is 0 Å². The van der Waals surface area contributed by atoms with Gasteiger partial charge in [0.05, 0.1) is 64.2 Å². The van der Waals surface area contributed by atoms with Gasteiger partial charge in [0, 0.05) is 6.54 Å². The molecular weight excluding hydrogens is 458 g/mol. The molecule has 1 unspecified atom stereocenters. The Kier molecular flexibility index (Phi) is 12.4. The van der Waals surface area contributed by atoms with Crippen molar-refractivity contribution in [1.29, 1.82) is 0 Å². The van der Waals surface area contributed by atoms with Crippen LogP contribution in [0.5, 0.6) is 0 Å². The molecule has 2 heterocycles. The molecule has 0 aromatic carbocycles. The number of aliphatic hydroxyl groups excluding tert-OH is 3. The van der Waals surface area contributed by atoms with Gasteiger partial charge in [-0.05, 0) is 6.42 Å². The number of hydrogen-bond acceptors (Lipinski definition) is 11. The molecule has 34 heavy (non-hydrogen) atoms. The van der Waals surface area contributed by atoms with Crippen molar-refractivity contribution in [3.63, 3.8) is 0 Å². The summed E-state index contributed by atoms with van der Waals surface area (Å²) in [5.41, 5.74) is 4.68. The van der Waals surface area contributed by atoms with E-state index in [0.29, 0.717) is 39.2 Å². The molecule has 1 aromatic heterocycles. The van der Waals surface area contributed by atoms with E-state index in [0.717, 1.165) is 6.20 Å². The molecule has 11 nitrogen and oxygen atoms in total. The van der Waals surface area contributed by atoms with E-state index in [1.165, 1.54) is 6.20 Å². The summed E-state index contributed by atoms with van der Waals surface area (Å²) in [6, 6.07) is -0.835. The van der Waals surface area contributed by atoms with Crippen molar-refractivity contribution < 1.29 is 43.0 Å². The summed E-state index contributed by atoms with van der Waals surface area (Å²) in [7, 11) is 0. The van der Waals surface area contributed by atoms with Crippen molar-refractivity contribution in [1.82, 2.24) is 9.97 Å². The first-order valence-electron chi connectivity index (χ1n) is 11.4. The van der Waals surface area contributed by atoms with Crippen molar-refractivity contribution in [3.05, 3.63) is 18.1 Å². The average Bonchev–Trinajstić information content (AvgIpc) is 2.83. The number of rotatable bonds is 16. The molecule has 0 spiro atoms. The van der Waals surface area contributed by atoms with Crippen LogP contribution >= 0.6 is 0 Å². The highest BCUT2D eigenvalue weighted by Gasteiger charge is 2.44. The van der Waals surface area contributed by atoms with Gasteiger partial charge in [0.2, 0.25) is 0 Å². The monoisotopic (exact) mass is 494 g/mol. The molecule has 0 aliphatic carbocycles. The van der Waals surface area contributed by atoms with Crippen LogP contribution in [-0.2, 0) is 24.9 Å². The molecular formula is C21H36F2N4O7. The second kappa shape index (κ2) is 14.7. The standard InChI is InChI=1S/C21H36F2N4O7/c1-2-3-14-18(20(30)19(29)15(12-28)34-14)27-17-11-25-10-16(26-17)21(22,23)13-33-9-8-32-7-6-31-5-4-24/h10-11,14-15,18-20,28-30H,2-9,12-13,24H2,1H3,(H,26,27)/t14?,15-,18+,19+,20-/m1/s1. The highest BCUT2D eigenvalue weighted by Crippen LogP contribution is 2.29. The minimum atomic E-state index is -3.42. The second-order valence-electron chi connectivity index (χ2n) is 7.90. The summed E-state index contributed by atoms with van der Waals surface area (Å²) >= 11 is 0. The Morgan fingerprint density at radius 3 is 2.38 bits per heavy atom. The third-order valence-corrected chi connectivity index (χ3v) is 5.22. The molecule has 6 N–H and O–H groups in total. The van der Waals surface area contributed by atoms with E-state index in [2.05, 4.69) is 15.3 Å². The fourth-order valence-electron chi connectivity index (χ4n) is 3.48. The van der Waals surface area contributed by atoms with Crippen molar-refractivity contribution in [2.24, 2.45) is 5.73 Å². The largest absolute Gasteiger partial charge is 0.394 e. The Hall–Kier alpha value is -1.58. The number of nitrogens with one attached hydrogen (secondary N) is 1. The summed E-state index contributed by atoms with van der Waals surface area (Å²) in [6.45, 7) is 2.14. The van der Waals surface area contributed by atoms with Crippen molar-refractivity contribution in [2.75, 3.05) is 58.1 Å². The van der Waals surface area contributed by atoms with Gasteiger partial charge in [-0.2, -0.15) is 8.78 Å². The Morgan fingerprint density at radius 2 is 1.74 bits per heavy atom. The van der Waals surface area contributed by atoms with Crippen molar-refractivity contribution >= 4 is 5.82 Å². The lowest BCUT2D eigenvalue weighted by Gasteiger charge is -2.43. The highest BCUT2D eigenvalue weighted by atomic mass is 19.3. The quantitative estimate of drug-likeness (QED) is 0.191. The Balaban J connectivity index is 1.91. The molecule has 196 valence electrons. The zero-order chi connectivity index (χ0) is 25.0. The number of ether oxygens (including phenoxy) is 4. The Morgan fingerprint density at radius 1 is 1.06 bits per heavy atom. The van der Waals surface area contributed by atoms with Gasteiger partial charge in [-0.1, -0.05) is 13.3 Å². The molecule has 1 saturated heterocycles. The molecule has 1 aliphatic rings. The third-order valence-electron chi connectivity index (χ3n) is 5.22. The van der Waals surface area contributed by atoms with E-state index < -0.39 is 55.3 Å². The van der Waals surface area contributed by atoms with Crippen LogP contribution < -0.4 is 11.1 Å². The maximum absolute atomic E-state index is 14.6. The van der Waals surface area contributed by atoms with Crippen LogP contribution in [0, 0.1) is 0 Å². The maximum Gasteiger partial charge on any atom is 0.314 e. The van der Waals surface area contributed by atoms with E-state index in [1.807, 2.05) is 6.92 Å². The first kappa shape index (κ1) is 28.7. The molecule has 1 aliphatic heterocycles. The predicted molar refractivity (Wildman–Crippen MR) is 118 cm³/mol. The number of nitrogens with two attached hydrogens (primary N) is 1. The molecule has 0 radical (unpaired) electrons. The second-order valence-corrected chi connectivity index (χ2v) is 7.90. The van der Waals surface area contributed by atoms with Crippen LogP contribution in [-0.4, -0.2) is 109 Å². The van der Waals surface area contributed by atoms with E-state index in [9.17, 15) is 24.1 Å². The fourth-order valence-corrected chi connectivity index (χ4v) is 3.48. The van der Waals surface area contributed by atoms with Crippen LogP contribution in [0.3, 0.4) is 0 Å². The van der Waals surface area contributed by atoms with Crippen LogP contribution in [0.4, 0.5) is 14.6 Å². The van der Waals surface area contributed by atoms with Crippen LogP contribution in [0.1, 0.15) is 25.5 Å². The molecule has 0 amide bonds. The number of hydrogen-bond donors (Lipinski definition) is 5. The fraction of sp³-hybridized carbons (Fsp3) is 0.810. The summed E-state index contributed by atoms with van der Waals surface area (Å²) in [5.74, 6) is -3.43. The summed E-state index contributed by atoms with van der Waals surface area (Å²) in [5, 5.41) is 33.0. The topological polar surface area (TPSA) is 161 Å². The van der Waals surface area contributed by atoms with Gasteiger partial charge in [-0.3, -0.25) is 4.98 Å². The van der Waals surface area contributed by atoms with Gasteiger partial charge < -0.3 is 45.3 Å². The van der Waals surface area contributed by atoms with Gasteiger partial charge >= 0.3 is 5.92 Å². The molecule has 0 saturated carbocycles. The lowest BCUT2D eigenvalue weighted by Crippen LogP contribution is -2.61. The smallest absolute Gasteiger partial charge is 0.314 e. The minimum absolute atomic E-state index is 0.0126. The van der Waals surface area contributed by atoms with Crippen molar-refractivity contribution in [3.8, 4) is 0 Å². The van der Waals surface area contributed by atoms with Gasteiger partial charge in [-0.25, -0.2) is 4.98 Å². The highest BCUT2D eigenvalue weighted by molar-refractivity contribution is 5.35. The number of halogens is 2. The van der Waals surface area contributed by atoms with Crippen LogP contribution in [0.15, 0.2) is 12.4 Å². The molecule has 13 heteroatoms. The normalized spacial score (nSPS) is 25.4. The van der Waals surface area contributed by atoms with E-state index in [4.69, 9.17) is 24.7 Å². The summed E-state index contributed by atoms with van der Waals surface area (Å²) in [4.78, 5) is 7.75. The summed E-state index contributed by atoms with van der Waals surface area (Å²) < 4.78 is 50.3. The number of aliphatic hydroxyl groups is 3. The van der Waals surface area contributed by atoms with Crippen molar-refractivity contribution in [2.45, 2.75) is 56.1 Å². The average molecular weight is 495 g/mol. The first-order valence-corrected chi connectivity index (χ1v) is 11.4. The van der Waals surface area contributed by atoms with Gasteiger partial charge in [0.25, 0.3) is 0 Å². The number of aromatic nitrogens is 2. The number of anilines is 1. The Bertz CT molecular complexity index is 707. The molecule has 1 fully saturated rings. The lowest BCUT2D eigenvalue weighted by molar-refractivity contribution is -0.186. The zero-order valence-electron chi connectivity index (χ0n) is 19.3. The zero-order valence-corrected chi connectivity index (χ0v) is 19.3. The van der Waals surface area contributed by atoms with Gasteiger partial charge in [0.1, 0.15) is 36.4 Å². The molecule has 0 bridgehead atoms. The first-order chi connectivity index (χ1) is 16.3. The number of nitrogens with zero attached hydrogens (tertiary/aromatic N) is 2. The Labute approximate surface area is 197 Å². The minimum Gasteiger partial charge on any atom is -0.394 e. The SMILES string of the molecule is CCCC1O[C@H](CO)[C@H](O)[C@H](O)[C@H]1Nc1cncc(C(F)(F)COCCOCCOCCN)n1. The van der Waals surface area contributed by atoms with Crippen LogP contribution in [0.25, 0.3) is 0 Å². The lowest BCUT2D eigenvalue weighted by atomic mass is 9.90. The third kappa shape index (κ3) is 8.57. The molecule has 2 rings (SSSR count). The van der Waals surface area contributed by atoms with Crippen LogP contribution in [0.2, 0.25) is 0 Å². The van der Waals surface area contributed by atoms with E-state index in [1.54, 1.807) is 0 Å².